The summed E-state index contributed by atoms with van der Waals surface area (Å²) in [5, 5.41) is 0. The Bertz CT molecular complexity index is 304. The first-order valence-electron chi connectivity index (χ1n) is 6.16. The normalized spacial score (nSPS) is 20.9. The van der Waals surface area contributed by atoms with Crippen LogP contribution in [-0.2, 0) is 0 Å². The van der Waals surface area contributed by atoms with Gasteiger partial charge in [-0.15, -0.1) is 0 Å². The van der Waals surface area contributed by atoms with Crippen molar-refractivity contribution in [2.75, 3.05) is 19.6 Å². The predicted octanol–water partition coefficient (Wildman–Crippen LogP) is 1.81. The molecule has 0 saturated carbocycles. The Kier molecular flexibility index (Phi) is 3.91. The van der Waals surface area contributed by atoms with Crippen molar-refractivity contribution in [2.24, 2.45) is 11.7 Å². The molecule has 3 heteroatoms. The highest BCUT2D eigenvalue weighted by molar-refractivity contribution is 5.09. The molecule has 16 heavy (non-hydrogen) atoms. The van der Waals surface area contributed by atoms with Crippen LogP contribution in [0.1, 0.15) is 31.5 Å². The Morgan fingerprint density at radius 2 is 2.19 bits per heavy atom. The van der Waals surface area contributed by atoms with Gasteiger partial charge in [0.25, 0.3) is 0 Å². The van der Waals surface area contributed by atoms with E-state index in [1.165, 1.54) is 12.8 Å². The molecule has 0 spiro atoms. The fraction of sp³-hybridized carbons (Fsp3) is 0.615. The van der Waals surface area contributed by atoms with Gasteiger partial charge in [0, 0.05) is 12.7 Å². The van der Waals surface area contributed by atoms with Crippen LogP contribution in [0, 0.1) is 5.92 Å². The third-order valence-electron chi connectivity index (χ3n) is 3.51. The highest BCUT2D eigenvalue weighted by Crippen LogP contribution is 2.24. The number of pyridine rings is 1. The Labute approximate surface area is 97.7 Å². The van der Waals surface area contributed by atoms with Crippen LogP contribution in [0.4, 0.5) is 0 Å². The summed E-state index contributed by atoms with van der Waals surface area (Å²) < 4.78 is 0. The molecule has 1 fully saturated rings. The van der Waals surface area contributed by atoms with E-state index in [1.807, 2.05) is 18.3 Å². The maximum Gasteiger partial charge on any atom is 0.0644 e. The molecule has 3 nitrogen and oxygen atoms in total. The molecule has 1 aliphatic rings. The molecule has 0 amide bonds. The first-order valence-corrected chi connectivity index (χ1v) is 6.16. The molecule has 2 N–H and O–H groups in total. The number of nitrogens with zero attached hydrogens (tertiary/aromatic N) is 2. The molecule has 1 aliphatic heterocycles. The molecule has 88 valence electrons. The summed E-state index contributed by atoms with van der Waals surface area (Å²) in [5.41, 5.74) is 7.00. The molecule has 2 rings (SSSR count). The quantitative estimate of drug-likeness (QED) is 0.843. The van der Waals surface area contributed by atoms with E-state index < -0.39 is 0 Å². The van der Waals surface area contributed by atoms with Gasteiger partial charge in [0.1, 0.15) is 0 Å². The average Bonchev–Trinajstić information content (AvgIpc) is 2.34. The number of hydrogen-bond donors (Lipinski definition) is 1. The number of hydrogen-bond acceptors (Lipinski definition) is 3. The molecule has 0 aromatic carbocycles. The van der Waals surface area contributed by atoms with Crippen molar-refractivity contribution in [1.82, 2.24) is 9.88 Å². The molecule has 1 unspecified atom stereocenters. The second-order valence-electron chi connectivity index (χ2n) is 4.72. The zero-order valence-electron chi connectivity index (χ0n) is 9.97. The zero-order chi connectivity index (χ0) is 11.4. The van der Waals surface area contributed by atoms with Crippen molar-refractivity contribution in [3.63, 3.8) is 0 Å². The summed E-state index contributed by atoms with van der Waals surface area (Å²) in [4.78, 5) is 6.90. The van der Waals surface area contributed by atoms with E-state index in [1.54, 1.807) is 0 Å². The first kappa shape index (κ1) is 11.6. The number of likely N-dealkylation sites (tertiary alicyclic amines) is 1. The number of piperidine rings is 1. The molecular formula is C13H21N3. The summed E-state index contributed by atoms with van der Waals surface area (Å²) in [5.74, 6) is 0.860. The van der Waals surface area contributed by atoms with Gasteiger partial charge in [0.2, 0.25) is 0 Å². The summed E-state index contributed by atoms with van der Waals surface area (Å²) in [6, 6.07) is 6.37. The average molecular weight is 219 g/mol. The standard InChI is InChI=1S/C13H21N3/c1-11-5-8-16(9-6-11)13(10-14)12-4-2-3-7-15-12/h2-4,7,11,13H,5-6,8-10,14H2,1H3. The van der Waals surface area contributed by atoms with E-state index in [0.717, 1.165) is 24.7 Å². The lowest BCUT2D eigenvalue weighted by molar-refractivity contribution is 0.139. The predicted molar refractivity (Wildman–Crippen MR) is 66.0 cm³/mol. The second-order valence-corrected chi connectivity index (χ2v) is 4.72. The lowest BCUT2D eigenvalue weighted by Crippen LogP contribution is -2.39. The lowest BCUT2D eigenvalue weighted by atomic mass is 9.97. The molecule has 1 aromatic rings. The fourth-order valence-electron chi connectivity index (χ4n) is 2.37. The molecule has 0 bridgehead atoms. The second kappa shape index (κ2) is 5.41. The number of nitrogens with two attached hydrogens (primary N) is 1. The molecular weight excluding hydrogens is 198 g/mol. The summed E-state index contributed by atoms with van der Waals surface area (Å²) in [7, 11) is 0. The van der Waals surface area contributed by atoms with E-state index in [2.05, 4.69) is 22.9 Å². The molecule has 1 aromatic heterocycles. The number of rotatable bonds is 3. The van der Waals surface area contributed by atoms with Gasteiger partial charge in [-0.1, -0.05) is 13.0 Å². The molecule has 0 aliphatic carbocycles. The Morgan fingerprint density at radius 1 is 1.44 bits per heavy atom. The maximum atomic E-state index is 5.89. The SMILES string of the molecule is CC1CCN(C(CN)c2ccccn2)CC1. The van der Waals surface area contributed by atoms with Gasteiger partial charge >= 0.3 is 0 Å². The van der Waals surface area contributed by atoms with Crippen LogP contribution in [-0.4, -0.2) is 29.5 Å². The molecule has 0 radical (unpaired) electrons. The summed E-state index contributed by atoms with van der Waals surface area (Å²) in [6.45, 7) is 5.29. The third kappa shape index (κ3) is 2.60. The minimum Gasteiger partial charge on any atom is -0.329 e. The minimum atomic E-state index is 0.300. The van der Waals surface area contributed by atoms with E-state index in [4.69, 9.17) is 5.73 Å². The van der Waals surface area contributed by atoms with Crippen LogP contribution in [0.2, 0.25) is 0 Å². The Morgan fingerprint density at radius 3 is 2.75 bits per heavy atom. The summed E-state index contributed by atoms with van der Waals surface area (Å²) >= 11 is 0. The van der Waals surface area contributed by atoms with Gasteiger partial charge in [-0.05, 0) is 44.0 Å². The molecule has 2 heterocycles. The third-order valence-corrected chi connectivity index (χ3v) is 3.51. The van der Waals surface area contributed by atoms with Gasteiger partial charge in [0.15, 0.2) is 0 Å². The lowest BCUT2D eigenvalue weighted by Gasteiger charge is -2.35. The van der Waals surface area contributed by atoms with Crippen molar-refractivity contribution in [2.45, 2.75) is 25.8 Å². The fourth-order valence-corrected chi connectivity index (χ4v) is 2.37. The van der Waals surface area contributed by atoms with E-state index in [-0.39, 0.29) is 0 Å². The van der Waals surface area contributed by atoms with E-state index in [0.29, 0.717) is 12.6 Å². The van der Waals surface area contributed by atoms with Crippen LogP contribution in [0.3, 0.4) is 0 Å². The van der Waals surface area contributed by atoms with Crippen LogP contribution in [0.25, 0.3) is 0 Å². The van der Waals surface area contributed by atoms with Gasteiger partial charge in [-0.2, -0.15) is 0 Å². The largest absolute Gasteiger partial charge is 0.329 e. The maximum absolute atomic E-state index is 5.89. The van der Waals surface area contributed by atoms with Crippen LogP contribution in [0.5, 0.6) is 0 Å². The smallest absolute Gasteiger partial charge is 0.0644 e. The summed E-state index contributed by atoms with van der Waals surface area (Å²) in [6.07, 6.45) is 4.41. The van der Waals surface area contributed by atoms with Crippen molar-refractivity contribution < 1.29 is 0 Å². The molecule has 1 atom stereocenters. The zero-order valence-corrected chi connectivity index (χ0v) is 9.97. The topological polar surface area (TPSA) is 42.1 Å². The van der Waals surface area contributed by atoms with Crippen molar-refractivity contribution >= 4 is 0 Å². The van der Waals surface area contributed by atoms with Gasteiger partial charge in [0.05, 0.1) is 11.7 Å². The van der Waals surface area contributed by atoms with Crippen molar-refractivity contribution in [3.05, 3.63) is 30.1 Å². The van der Waals surface area contributed by atoms with Gasteiger partial charge in [-0.3, -0.25) is 9.88 Å². The Hall–Kier alpha value is -0.930. The van der Waals surface area contributed by atoms with Crippen molar-refractivity contribution in [1.29, 1.82) is 0 Å². The van der Waals surface area contributed by atoms with E-state index in [9.17, 15) is 0 Å². The van der Waals surface area contributed by atoms with Gasteiger partial charge < -0.3 is 5.73 Å². The first-order chi connectivity index (χ1) is 7.81. The highest BCUT2D eigenvalue weighted by Gasteiger charge is 2.23. The Balaban J connectivity index is 2.05. The number of aromatic nitrogens is 1. The monoisotopic (exact) mass is 219 g/mol. The minimum absolute atomic E-state index is 0.300. The van der Waals surface area contributed by atoms with Crippen LogP contribution < -0.4 is 5.73 Å². The highest BCUT2D eigenvalue weighted by atomic mass is 15.2. The van der Waals surface area contributed by atoms with Crippen molar-refractivity contribution in [3.8, 4) is 0 Å². The van der Waals surface area contributed by atoms with Crippen LogP contribution >= 0.6 is 0 Å². The van der Waals surface area contributed by atoms with Gasteiger partial charge in [-0.25, -0.2) is 0 Å². The van der Waals surface area contributed by atoms with E-state index >= 15 is 0 Å². The molecule has 1 saturated heterocycles. The van der Waals surface area contributed by atoms with Crippen LogP contribution in [0.15, 0.2) is 24.4 Å².